The molecule has 0 aliphatic carbocycles. The number of fused-ring (bicyclic) bond motifs is 1. The van der Waals surface area contributed by atoms with Gasteiger partial charge >= 0.3 is 0 Å². The monoisotopic (exact) mass is 443 g/mol. The summed E-state index contributed by atoms with van der Waals surface area (Å²) in [5.74, 6) is -0.451. The van der Waals surface area contributed by atoms with Crippen LogP contribution >= 0.6 is 11.6 Å². The van der Waals surface area contributed by atoms with E-state index in [1.165, 1.54) is 19.2 Å². The first-order valence-corrected chi connectivity index (χ1v) is 9.63. The molecule has 0 saturated carbocycles. The number of rotatable bonds is 6. The Morgan fingerprint density at radius 3 is 2.45 bits per heavy atom. The van der Waals surface area contributed by atoms with Crippen LogP contribution in [0.1, 0.15) is 0 Å². The lowest BCUT2D eigenvalue weighted by atomic mass is 10.1. The Bertz CT molecular complexity index is 1070. The summed E-state index contributed by atoms with van der Waals surface area (Å²) in [6, 6.07) is 9.27. The van der Waals surface area contributed by atoms with Crippen molar-refractivity contribution in [2.45, 2.75) is 12.1 Å². The van der Waals surface area contributed by atoms with Crippen molar-refractivity contribution in [2.75, 3.05) is 31.0 Å². The highest BCUT2D eigenvalue weighted by atomic mass is 35.5. The number of anilines is 2. The minimum absolute atomic E-state index is 0.257. The van der Waals surface area contributed by atoms with E-state index in [0.717, 1.165) is 4.90 Å². The van der Waals surface area contributed by atoms with Gasteiger partial charge in [0.1, 0.15) is 6.54 Å². The van der Waals surface area contributed by atoms with Gasteiger partial charge < -0.3 is 14.8 Å². The van der Waals surface area contributed by atoms with Crippen LogP contribution in [0, 0.1) is 0 Å². The highest BCUT2D eigenvalue weighted by molar-refractivity contribution is 6.31. The van der Waals surface area contributed by atoms with Crippen LogP contribution in [-0.4, -0.2) is 55.6 Å². The van der Waals surface area contributed by atoms with E-state index < -0.39 is 29.8 Å². The van der Waals surface area contributed by atoms with Gasteiger partial charge in [-0.2, -0.15) is 5.11 Å². The molecule has 11 heteroatoms. The van der Waals surface area contributed by atoms with Crippen LogP contribution in [0.3, 0.4) is 0 Å². The van der Waals surface area contributed by atoms with Crippen molar-refractivity contribution < 1.29 is 23.9 Å². The van der Waals surface area contributed by atoms with Gasteiger partial charge in [0.2, 0.25) is 5.91 Å². The molecule has 2 aromatic carbocycles. The van der Waals surface area contributed by atoms with Gasteiger partial charge in [-0.25, -0.2) is 4.90 Å². The molecule has 2 atom stereocenters. The highest BCUT2D eigenvalue weighted by Crippen LogP contribution is 2.33. The average molecular weight is 444 g/mol. The Morgan fingerprint density at radius 2 is 1.77 bits per heavy atom. The SMILES string of the molecule is COc1ccc(NC(=O)CN2N=NC3C(=O)N(c4ccc(Cl)cc4)C(=O)C32)cc1OC. The summed E-state index contributed by atoms with van der Waals surface area (Å²) in [6.07, 6.45) is 0. The van der Waals surface area contributed by atoms with Crippen LogP contribution in [0.4, 0.5) is 11.4 Å². The molecule has 2 heterocycles. The molecule has 4 rings (SSSR count). The van der Waals surface area contributed by atoms with E-state index in [1.807, 2.05) is 0 Å². The van der Waals surface area contributed by atoms with Crippen LogP contribution in [0.5, 0.6) is 11.5 Å². The summed E-state index contributed by atoms with van der Waals surface area (Å²) in [4.78, 5) is 39.2. The van der Waals surface area contributed by atoms with Crippen molar-refractivity contribution in [1.29, 1.82) is 0 Å². The lowest BCUT2D eigenvalue weighted by Gasteiger charge is -2.20. The highest BCUT2D eigenvalue weighted by Gasteiger charge is 2.55. The lowest BCUT2D eigenvalue weighted by molar-refractivity contribution is -0.123. The molecule has 2 aliphatic rings. The summed E-state index contributed by atoms with van der Waals surface area (Å²) in [5, 5.41) is 12.2. The molecule has 0 aromatic heterocycles. The predicted molar refractivity (Wildman–Crippen MR) is 111 cm³/mol. The van der Waals surface area contributed by atoms with E-state index in [-0.39, 0.29) is 6.54 Å². The number of nitrogens with one attached hydrogen (secondary N) is 1. The molecule has 31 heavy (non-hydrogen) atoms. The number of ether oxygens (including phenoxy) is 2. The second kappa shape index (κ2) is 8.23. The van der Waals surface area contributed by atoms with Crippen molar-refractivity contribution >= 4 is 40.7 Å². The molecule has 3 amide bonds. The molecule has 0 bridgehead atoms. The summed E-state index contributed by atoms with van der Waals surface area (Å²) in [6.45, 7) is -0.257. The van der Waals surface area contributed by atoms with Crippen LogP contribution in [0.2, 0.25) is 5.02 Å². The Labute approximate surface area is 182 Å². The number of carbonyl (C=O) groups is 3. The Balaban J connectivity index is 1.46. The topological polar surface area (TPSA) is 113 Å². The molecule has 2 aliphatic heterocycles. The molecule has 1 saturated heterocycles. The maximum absolute atomic E-state index is 12.9. The minimum Gasteiger partial charge on any atom is -0.493 e. The van der Waals surface area contributed by atoms with Crippen LogP contribution < -0.4 is 19.7 Å². The lowest BCUT2D eigenvalue weighted by Crippen LogP contribution is -2.43. The fourth-order valence-corrected chi connectivity index (χ4v) is 3.59. The fraction of sp³-hybridized carbons (Fsp3) is 0.250. The minimum atomic E-state index is -0.989. The quantitative estimate of drug-likeness (QED) is 0.685. The number of amides is 3. The molecule has 160 valence electrons. The zero-order valence-electron chi connectivity index (χ0n) is 16.6. The van der Waals surface area contributed by atoms with Gasteiger partial charge in [-0.3, -0.25) is 19.4 Å². The first kappa shape index (κ1) is 20.6. The third-order valence-corrected chi connectivity index (χ3v) is 5.17. The third-order valence-electron chi connectivity index (χ3n) is 4.92. The zero-order valence-corrected chi connectivity index (χ0v) is 17.4. The Kier molecular flexibility index (Phi) is 5.47. The van der Waals surface area contributed by atoms with Gasteiger partial charge in [-0.05, 0) is 36.4 Å². The first-order chi connectivity index (χ1) is 14.9. The number of benzene rings is 2. The average Bonchev–Trinajstić information content (AvgIpc) is 3.28. The molecular weight excluding hydrogens is 426 g/mol. The van der Waals surface area contributed by atoms with Gasteiger partial charge in [0.05, 0.1) is 19.9 Å². The van der Waals surface area contributed by atoms with Gasteiger partial charge in [-0.15, -0.1) is 0 Å². The number of hydrogen-bond donors (Lipinski definition) is 1. The molecule has 1 fully saturated rings. The van der Waals surface area contributed by atoms with E-state index >= 15 is 0 Å². The third kappa shape index (κ3) is 3.77. The number of imide groups is 1. The van der Waals surface area contributed by atoms with Gasteiger partial charge in [-0.1, -0.05) is 16.8 Å². The van der Waals surface area contributed by atoms with Gasteiger partial charge in [0, 0.05) is 16.8 Å². The molecule has 10 nitrogen and oxygen atoms in total. The normalized spacial score (nSPS) is 19.6. The number of carbonyl (C=O) groups excluding carboxylic acids is 3. The van der Waals surface area contributed by atoms with Crippen molar-refractivity contribution in [1.82, 2.24) is 5.01 Å². The van der Waals surface area contributed by atoms with Crippen molar-refractivity contribution in [3.63, 3.8) is 0 Å². The van der Waals surface area contributed by atoms with E-state index in [4.69, 9.17) is 21.1 Å². The largest absolute Gasteiger partial charge is 0.493 e. The first-order valence-electron chi connectivity index (χ1n) is 9.25. The van der Waals surface area contributed by atoms with Crippen molar-refractivity contribution in [3.8, 4) is 11.5 Å². The zero-order chi connectivity index (χ0) is 22.1. The summed E-state index contributed by atoms with van der Waals surface area (Å²) < 4.78 is 10.4. The Hall–Kier alpha value is -3.66. The molecule has 1 N–H and O–H groups in total. The smallest absolute Gasteiger partial charge is 0.263 e. The van der Waals surface area contributed by atoms with E-state index in [2.05, 4.69) is 15.7 Å². The number of hydrogen-bond acceptors (Lipinski definition) is 8. The fourth-order valence-electron chi connectivity index (χ4n) is 3.46. The predicted octanol–water partition coefficient (Wildman–Crippen LogP) is 2.29. The van der Waals surface area contributed by atoms with Crippen LogP contribution in [0.25, 0.3) is 0 Å². The standard InChI is InChI=1S/C20H18ClN5O5/c1-30-14-8-5-12(9-15(14)31-2)22-16(27)10-25-18-17(23-24-25)19(28)26(20(18)29)13-6-3-11(21)4-7-13/h3-9,17-18H,10H2,1-2H3,(H,22,27). The van der Waals surface area contributed by atoms with E-state index in [0.29, 0.717) is 27.9 Å². The van der Waals surface area contributed by atoms with Crippen LogP contribution in [-0.2, 0) is 14.4 Å². The summed E-state index contributed by atoms with van der Waals surface area (Å²) >= 11 is 5.88. The van der Waals surface area contributed by atoms with Gasteiger partial charge in [0.25, 0.3) is 11.8 Å². The second-order valence-electron chi connectivity index (χ2n) is 6.80. The number of halogens is 1. The second-order valence-corrected chi connectivity index (χ2v) is 7.23. The van der Waals surface area contributed by atoms with Crippen molar-refractivity contribution in [2.24, 2.45) is 10.3 Å². The molecular formula is C20H18ClN5O5. The Morgan fingerprint density at radius 1 is 1.06 bits per heavy atom. The molecule has 2 unspecified atom stereocenters. The summed E-state index contributed by atoms with van der Waals surface area (Å²) in [5.41, 5.74) is 0.866. The number of methoxy groups -OCH3 is 2. The van der Waals surface area contributed by atoms with E-state index in [1.54, 1.807) is 42.5 Å². The van der Waals surface area contributed by atoms with Gasteiger partial charge in [0.15, 0.2) is 23.6 Å². The summed E-state index contributed by atoms with van der Waals surface area (Å²) in [7, 11) is 3.00. The molecule has 0 radical (unpaired) electrons. The molecule has 2 aromatic rings. The molecule has 0 spiro atoms. The maximum Gasteiger partial charge on any atom is 0.263 e. The number of nitrogens with zero attached hydrogens (tertiary/aromatic N) is 4. The van der Waals surface area contributed by atoms with Crippen molar-refractivity contribution in [3.05, 3.63) is 47.5 Å². The van der Waals surface area contributed by atoms with E-state index in [9.17, 15) is 14.4 Å². The maximum atomic E-state index is 12.9. The van der Waals surface area contributed by atoms with Crippen LogP contribution in [0.15, 0.2) is 52.8 Å².